The molecule has 33 heavy (non-hydrogen) atoms. The van der Waals surface area contributed by atoms with Crippen molar-refractivity contribution in [2.75, 3.05) is 6.54 Å². The SMILES string of the molecule is Cc1nc2ccccc2n1CCCNC(=O)C1CC2CCCCC2N1C(=O)c1ccccc1. The van der Waals surface area contributed by atoms with Gasteiger partial charge in [0.1, 0.15) is 11.9 Å². The lowest BCUT2D eigenvalue weighted by Gasteiger charge is -2.33. The third-order valence-electron chi connectivity index (χ3n) is 7.35. The van der Waals surface area contributed by atoms with Crippen LogP contribution in [0, 0.1) is 12.8 Å². The fraction of sp³-hybridized carbons (Fsp3) is 0.444. The lowest BCUT2D eigenvalue weighted by Crippen LogP contribution is -2.49. The molecule has 2 aromatic carbocycles. The first-order valence-corrected chi connectivity index (χ1v) is 12.2. The molecular formula is C27H32N4O2. The molecule has 5 rings (SSSR count). The van der Waals surface area contributed by atoms with Crippen LogP contribution in [-0.4, -0.2) is 44.9 Å². The quantitative estimate of drug-likeness (QED) is 0.576. The van der Waals surface area contributed by atoms with Gasteiger partial charge in [-0.05, 0) is 62.8 Å². The number of hydrogen-bond acceptors (Lipinski definition) is 3. The van der Waals surface area contributed by atoms with Gasteiger partial charge in [0.2, 0.25) is 5.91 Å². The first kappa shape index (κ1) is 21.7. The van der Waals surface area contributed by atoms with Crippen LogP contribution < -0.4 is 5.32 Å². The van der Waals surface area contributed by atoms with Gasteiger partial charge in [-0.15, -0.1) is 0 Å². The Morgan fingerprint density at radius 1 is 1.03 bits per heavy atom. The second-order valence-corrected chi connectivity index (χ2v) is 9.39. The average molecular weight is 445 g/mol. The Balaban J connectivity index is 1.24. The summed E-state index contributed by atoms with van der Waals surface area (Å²) in [7, 11) is 0. The summed E-state index contributed by atoms with van der Waals surface area (Å²) in [6, 6.07) is 17.3. The van der Waals surface area contributed by atoms with Gasteiger partial charge in [-0.1, -0.05) is 43.2 Å². The Morgan fingerprint density at radius 3 is 2.64 bits per heavy atom. The number of amides is 2. The summed E-state index contributed by atoms with van der Waals surface area (Å²) in [5, 5.41) is 3.13. The van der Waals surface area contributed by atoms with Gasteiger partial charge in [-0.3, -0.25) is 9.59 Å². The van der Waals surface area contributed by atoms with Crippen LogP contribution in [0.4, 0.5) is 0 Å². The fourth-order valence-electron chi connectivity index (χ4n) is 5.76. The number of aryl methyl sites for hydroxylation is 2. The number of nitrogens with one attached hydrogen (secondary N) is 1. The maximum atomic E-state index is 13.4. The number of carbonyl (C=O) groups excluding carboxylic acids is 2. The zero-order valence-corrected chi connectivity index (χ0v) is 19.2. The van der Waals surface area contributed by atoms with Gasteiger partial charge in [-0.25, -0.2) is 4.98 Å². The molecule has 6 heteroatoms. The molecule has 1 N–H and O–H groups in total. The molecule has 0 spiro atoms. The van der Waals surface area contributed by atoms with Gasteiger partial charge < -0.3 is 14.8 Å². The molecule has 1 aliphatic carbocycles. The Hall–Kier alpha value is -3.15. The third kappa shape index (κ3) is 4.26. The largest absolute Gasteiger partial charge is 0.354 e. The summed E-state index contributed by atoms with van der Waals surface area (Å²) >= 11 is 0. The predicted molar refractivity (Wildman–Crippen MR) is 129 cm³/mol. The molecule has 1 aromatic heterocycles. The highest BCUT2D eigenvalue weighted by Crippen LogP contribution is 2.40. The van der Waals surface area contributed by atoms with Crippen LogP contribution >= 0.6 is 0 Å². The van der Waals surface area contributed by atoms with Crippen molar-refractivity contribution < 1.29 is 9.59 Å². The molecule has 172 valence electrons. The number of para-hydroxylation sites is 2. The lowest BCUT2D eigenvalue weighted by molar-refractivity contribution is -0.125. The Labute approximate surface area is 195 Å². The van der Waals surface area contributed by atoms with Gasteiger partial charge >= 0.3 is 0 Å². The Bertz CT molecular complexity index is 1140. The topological polar surface area (TPSA) is 67.2 Å². The van der Waals surface area contributed by atoms with Crippen molar-refractivity contribution in [1.82, 2.24) is 19.8 Å². The molecule has 2 aliphatic rings. The van der Waals surface area contributed by atoms with E-state index in [1.165, 1.54) is 6.42 Å². The van der Waals surface area contributed by atoms with Crippen molar-refractivity contribution in [3.05, 3.63) is 66.0 Å². The summed E-state index contributed by atoms with van der Waals surface area (Å²) < 4.78 is 2.21. The van der Waals surface area contributed by atoms with Gasteiger partial charge in [-0.2, -0.15) is 0 Å². The van der Waals surface area contributed by atoms with Crippen molar-refractivity contribution in [3.8, 4) is 0 Å². The van der Waals surface area contributed by atoms with Crippen molar-refractivity contribution in [3.63, 3.8) is 0 Å². The van der Waals surface area contributed by atoms with Gasteiger partial charge in [0.15, 0.2) is 0 Å². The highest BCUT2D eigenvalue weighted by atomic mass is 16.2. The summed E-state index contributed by atoms with van der Waals surface area (Å²) in [6.45, 7) is 3.41. The highest BCUT2D eigenvalue weighted by Gasteiger charge is 2.47. The third-order valence-corrected chi connectivity index (χ3v) is 7.35. The average Bonchev–Trinajstić information content (AvgIpc) is 3.39. The van der Waals surface area contributed by atoms with E-state index in [9.17, 15) is 9.59 Å². The van der Waals surface area contributed by atoms with Crippen LogP contribution in [0.1, 0.15) is 54.7 Å². The Kier molecular flexibility index (Phi) is 6.16. The number of carbonyl (C=O) groups is 2. The molecule has 3 aromatic rings. The highest BCUT2D eigenvalue weighted by molar-refractivity contribution is 5.98. The van der Waals surface area contributed by atoms with E-state index in [4.69, 9.17) is 0 Å². The number of fused-ring (bicyclic) bond motifs is 2. The zero-order chi connectivity index (χ0) is 22.8. The predicted octanol–water partition coefficient (Wildman–Crippen LogP) is 4.32. The second kappa shape index (κ2) is 9.38. The van der Waals surface area contributed by atoms with Crippen molar-refractivity contribution in [1.29, 1.82) is 0 Å². The number of rotatable bonds is 6. The van der Waals surface area contributed by atoms with Crippen LogP contribution in [0.3, 0.4) is 0 Å². The summed E-state index contributed by atoms with van der Waals surface area (Å²) in [6.07, 6.45) is 6.03. The van der Waals surface area contributed by atoms with Crippen molar-refractivity contribution >= 4 is 22.8 Å². The molecule has 1 saturated heterocycles. The summed E-state index contributed by atoms with van der Waals surface area (Å²) in [5.41, 5.74) is 2.80. The smallest absolute Gasteiger partial charge is 0.254 e. The van der Waals surface area contributed by atoms with Gasteiger partial charge in [0.25, 0.3) is 5.91 Å². The molecule has 2 amide bonds. The first-order valence-electron chi connectivity index (χ1n) is 12.2. The molecule has 3 unspecified atom stereocenters. The molecular weight excluding hydrogens is 412 g/mol. The van der Waals surface area contributed by atoms with E-state index in [1.807, 2.05) is 60.4 Å². The summed E-state index contributed by atoms with van der Waals surface area (Å²) in [4.78, 5) is 33.2. The number of likely N-dealkylation sites (tertiary alicyclic amines) is 1. The molecule has 1 saturated carbocycles. The van der Waals surface area contributed by atoms with E-state index >= 15 is 0 Å². The van der Waals surface area contributed by atoms with Crippen molar-refractivity contribution in [2.24, 2.45) is 5.92 Å². The Morgan fingerprint density at radius 2 is 1.79 bits per heavy atom. The molecule has 0 radical (unpaired) electrons. The molecule has 0 bridgehead atoms. The maximum Gasteiger partial charge on any atom is 0.254 e. The van der Waals surface area contributed by atoms with Crippen LogP contribution in [0.2, 0.25) is 0 Å². The number of nitrogens with zero attached hydrogens (tertiary/aromatic N) is 3. The lowest BCUT2D eigenvalue weighted by atomic mass is 9.84. The number of benzene rings is 2. The van der Waals surface area contributed by atoms with Gasteiger partial charge in [0, 0.05) is 24.7 Å². The standard InChI is InChI=1S/C27H32N4O2/c1-19-29-22-13-6-8-15-24(22)30(19)17-9-16-28-26(32)25-18-21-12-5-7-14-23(21)31(25)27(33)20-10-3-2-4-11-20/h2-4,6,8,10-11,13,15,21,23,25H,5,7,9,12,14,16-18H2,1H3,(H,28,32). The molecule has 2 fully saturated rings. The van der Waals surface area contributed by atoms with E-state index in [-0.39, 0.29) is 23.9 Å². The number of aromatic nitrogens is 2. The van der Waals surface area contributed by atoms with Crippen LogP contribution in [0.5, 0.6) is 0 Å². The van der Waals surface area contributed by atoms with E-state index in [0.29, 0.717) is 18.0 Å². The van der Waals surface area contributed by atoms with E-state index in [1.54, 1.807) is 0 Å². The molecule has 2 heterocycles. The van der Waals surface area contributed by atoms with E-state index in [0.717, 1.165) is 55.5 Å². The molecule has 3 atom stereocenters. The molecule has 1 aliphatic heterocycles. The fourth-order valence-corrected chi connectivity index (χ4v) is 5.76. The van der Waals surface area contributed by atoms with Crippen molar-refractivity contribution in [2.45, 2.75) is 64.1 Å². The maximum absolute atomic E-state index is 13.4. The van der Waals surface area contributed by atoms with Crippen LogP contribution in [0.15, 0.2) is 54.6 Å². The van der Waals surface area contributed by atoms with Gasteiger partial charge in [0.05, 0.1) is 11.0 Å². The first-order chi connectivity index (χ1) is 16.1. The van der Waals surface area contributed by atoms with Crippen LogP contribution in [-0.2, 0) is 11.3 Å². The monoisotopic (exact) mass is 444 g/mol. The minimum absolute atomic E-state index is 0.00865. The summed E-state index contributed by atoms with van der Waals surface area (Å²) in [5.74, 6) is 1.40. The van der Waals surface area contributed by atoms with E-state index in [2.05, 4.69) is 20.9 Å². The van der Waals surface area contributed by atoms with Crippen LogP contribution in [0.25, 0.3) is 11.0 Å². The normalized spacial score (nSPS) is 22.3. The second-order valence-electron chi connectivity index (χ2n) is 9.39. The zero-order valence-electron chi connectivity index (χ0n) is 19.2. The number of imidazole rings is 1. The minimum atomic E-state index is -0.374. The molecule has 6 nitrogen and oxygen atoms in total. The van der Waals surface area contributed by atoms with E-state index < -0.39 is 0 Å². The number of hydrogen-bond donors (Lipinski definition) is 1. The minimum Gasteiger partial charge on any atom is -0.354 e.